The number of fused-ring (bicyclic) bond motifs is 3. The van der Waals surface area contributed by atoms with Crippen LogP contribution in [0.4, 0.5) is 0 Å². The predicted octanol–water partition coefficient (Wildman–Crippen LogP) is 5.63. The number of likely N-dealkylation sites (tertiary alicyclic amines) is 1. The third kappa shape index (κ3) is 4.82. The van der Waals surface area contributed by atoms with E-state index < -0.39 is 0 Å². The maximum absolute atomic E-state index is 13.7. The van der Waals surface area contributed by atoms with Crippen molar-refractivity contribution < 1.29 is 24.2 Å². The maximum atomic E-state index is 13.7. The third-order valence-electron chi connectivity index (χ3n) is 8.49. The van der Waals surface area contributed by atoms with E-state index in [1.807, 2.05) is 18.2 Å². The molecule has 194 valence electrons. The molecule has 2 saturated heterocycles. The second kappa shape index (κ2) is 10.8. The van der Waals surface area contributed by atoms with Crippen LogP contribution in [0, 0.1) is 17.8 Å². The molecule has 0 radical (unpaired) electrons. The minimum Gasteiger partial charge on any atom is -0.507 e. The number of rotatable bonds is 7. The van der Waals surface area contributed by atoms with E-state index in [2.05, 4.69) is 22.9 Å². The number of hydrogen-bond acceptors (Lipinski definition) is 5. The van der Waals surface area contributed by atoms with Crippen LogP contribution in [0.15, 0.2) is 39.4 Å². The molecule has 7 heteroatoms. The van der Waals surface area contributed by atoms with Crippen LogP contribution in [-0.4, -0.2) is 54.3 Å². The van der Waals surface area contributed by atoms with Crippen molar-refractivity contribution in [1.82, 2.24) is 4.90 Å². The number of nitrogens with zero attached hydrogens (tertiary/aromatic N) is 1. The highest BCUT2D eigenvalue weighted by Crippen LogP contribution is 2.50. The zero-order chi connectivity index (χ0) is 25.4. The largest absolute Gasteiger partial charge is 0.507 e. The molecule has 2 aliphatic carbocycles. The number of benzene rings is 1. The lowest BCUT2D eigenvalue weighted by Crippen LogP contribution is -2.42. The van der Waals surface area contributed by atoms with Crippen LogP contribution >= 0.6 is 15.9 Å². The minimum absolute atomic E-state index is 0.0283. The molecular weight excluding hydrogens is 522 g/mol. The second-order valence-electron chi connectivity index (χ2n) is 10.8. The lowest BCUT2D eigenvalue weighted by atomic mass is 9.69. The molecule has 0 aromatic heterocycles. The number of methoxy groups -OCH3 is 1. The standard InChI is InChI=1S/C29H36BrNO5/c1-17(12-18-13-20(30)9-10-24(18)32)8-11-25-26-19(15-35-2)14-22-27(23(26)16-36-25)29(34)31(28(22)33)21-6-4-3-5-7-21/h9-10,12-13,21-23,25,27,32H,3-8,11,14-16H2,1-2H3/b17-12+/t22-,23+,25-,27-/m1/s1. The molecule has 5 rings (SSSR count). The summed E-state index contributed by atoms with van der Waals surface area (Å²) in [6.07, 6.45) is 9.38. The number of imide groups is 1. The molecule has 2 amide bonds. The molecule has 0 unspecified atom stereocenters. The van der Waals surface area contributed by atoms with E-state index >= 15 is 0 Å². The first-order valence-corrected chi connectivity index (χ1v) is 14.0. The van der Waals surface area contributed by atoms with E-state index in [1.54, 1.807) is 18.1 Å². The quantitative estimate of drug-likeness (QED) is 0.347. The highest BCUT2D eigenvalue weighted by Gasteiger charge is 2.58. The highest BCUT2D eigenvalue weighted by atomic mass is 79.9. The molecule has 4 atom stereocenters. The van der Waals surface area contributed by atoms with Crippen molar-refractivity contribution in [1.29, 1.82) is 0 Å². The van der Waals surface area contributed by atoms with Gasteiger partial charge in [0.25, 0.3) is 0 Å². The number of carbonyl (C=O) groups excluding carboxylic acids is 2. The van der Waals surface area contributed by atoms with Crippen molar-refractivity contribution in [2.75, 3.05) is 20.3 Å². The lowest BCUT2D eigenvalue weighted by molar-refractivity contribution is -0.143. The number of phenolic OH excluding ortho intramolecular Hbond substituents is 1. The molecule has 1 aromatic carbocycles. The fourth-order valence-corrected chi connectivity index (χ4v) is 7.22. The maximum Gasteiger partial charge on any atom is 0.234 e. The number of halogens is 1. The van der Waals surface area contributed by atoms with E-state index in [0.29, 0.717) is 19.6 Å². The Hall–Kier alpha value is -1.96. The average molecular weight is 559 g/mol. The van der Waals surface area contributed by atoms with Gasteiger partial charge in [0, 0.05) is 29.1 Å². The van der Waals surface area contributed by atoms with Crippen molar-refractivity contribution in [3.05, 3.63) is 45.0 Å². The first-order chi connectivity index (χ1) is 17.4. The summed E-state index contributed by atoms with van der Waals surface area (Å²) in [7, 11) is 1.69. The van der Waals surface area contributed by atoms with Gasteiger partial charge in [0.2, 0.25) is 11.8 Å². The summed E-state index contributed by atoms with van der Waals surface area (Å²) in [4.78, 5) is 28.8. The van der Waals surface area contributed by atoms with Crippen LogP contribution < -0.4 is 0 Å². The van der Waals surface area contributed by atoms with Gasteiger partial charge in [-0.15, -0.1) is 0 Å². The van der Waals surface area contributed by atoms with Crippen LogP contribution in [0.5, 0.6) is 5.75 Å². The number of phenols is 1. The van der Waals surface area contributed by atoms with Crippen LogP contribution in [0.25, 0.3) is 6.08 Å². The molecule has 4 aliphatic rings. The van der Waals surface area contributed by atoms with Crippen molar-refractivity contribution in [3.63, 3.8) is 0 Å². The van der Waals surface area contributed by atoms with Gasteiger partial charge in [-0.25, -0.2) is 0 Å². The molecule has 0 bridgehead atoms. The normalized spacial score (nSPS) is 29.2. The molecule has 1 aromatic rings. The topological polar surface area (TPSA) is 76.1 Å². The summed E-state index contributed by atoms with van der Waals surface area (Å²) in [5, 5.41) is 10.2. The fraction of sp³-hybridized carbons (Fsp3) is 0.586. The van der Waals surface area contributed by atoms with E-state index in [9.17, 15) is 14.7 Å². The van der Waals surface area contributed by atoms with Crippen molar-refractivity contribution in [3.8, 4) is 5.75 Å². The first-order valence-electron chi connectivity index (χ1n) is 13.2. The second-order valence-corrected chi connectivity index (χ2v) is 11.7. The third-order valence-corrected chi connectivity index (χ3v) is 8.99. The Labute approximate surface area is 221 Å². The molecule has 1 N–H and O–H groups in total. The number of allylic oxidation sites excluding steroid dienone is 1. The Morgan fingerprint density at radius 1 is 1.19 bits per heavy atom. The average Bonchev–Trinajstić information content (AvgIpc) is 3.39. The summed E-state index contributed by atoms with van der Waals surface area (Å²) in [6.45, 7) is 3.02. The fourth-order valence-electron chi connectivity index (χ4n) is 6.84. The van der Waals surface area contributed by atoms with Crippen LogP contribution in [0.3, 0.4) is 0 Å². The zero-order valence-corrected chi connectivity index (χ0v) is 22.8. The van der Waals surface area contributed by atoms with Gasteiger partial charge in [-0.3, -0.25) is 14.5 Å². The smallest absolute Gasteiger partial charge is 0.234 e. The summed E-state index contributed by atoms with van der Waals surface area (Å²) in [5.41, 5.74) is 4.27. The molecule has 2 aliphatic heterocycles. The molecular formula is C29H36BrNO5. The number of aromatic hydroxyl groups is 1. The van der Waals surface area contributed by atoms with Gasteiger partial charge in [0.05, 0.1) is 31.2 Å². The van der Waals surface area contributed by atoms with E-state index in [-0.39, 0.29) is 47.5 Å². The van der Waals surface area contributed by atoms with Crippen molar-refractivity contribution in [2.45, 2.75) is 70.4 Å². The number of carbonyl (C=O) groups is 2. The summed E-state index contributed by atoms with van der Waals surface area (Å²) in [5.74, 6) is -0.300. The van der Waals surface area contributed by atoms with E-state index in [4.69, 9.17) is 9.47 Å². The summed E-state index contributed by atoms with van der Waals surface area (Å²) >= 11 is 3.47. The van der Waals surface area contributed by atoms with Gasteiger partial charge in [-0.1, -0.05) is 46.8 Å². The van der Waals surface area contributed by atoms with Gasteiger partial charge in [0.15, 0.2) is 0 Å². The monoisotopic (exact) mass is 557 g/mol. The molecule has 0 spiro atoms. The lowest BCUT2D eigenvalue weighted by Gasteiger charge is -2.31. The van der Waals surface area contributed by atoms with Gasteiger partial charge in [-0.2, -0.15) is 0 Å². The summed E-state index contributed by atoms with van der Waals surface area (Å²) in [6, 6.07) is 5.48. The van der Waals surface area contributed by atoms with Crippen LogP contribution in [-0.2, 0) is 19.1 Å². The zero-order valence-electron chi connectivity index (χ0n) is 21.2. The molecule has 36 heavy (non-hydrogen) atoms. The Morgan fingerprint density at radius 2 is 1.97 bits per heavy atom. The predicted molar refractivity (Wildman–Crippen MR) is 141 cm³/mol. The van der Waals surface area contributed by atoms with Gasteiger partial charge >= 0.3 is 0 Å². The van der Waals surface area contributed by atoms with Crippen molar-refractivity contribution in [2.24, 2.45) is 17.8 Å². The number of amides is 2. The molecule has 6 nitrogen and oxygen atoms in total. The number of ether oxygens (including phenoxy) is 2. The Kier molecular flexibility index (Phi) is 7.70. The Morgan fingerprint density at radius 3 is 2.72 bits per heavy atom. The number of hydrogen-bond donors (Lipinski definition) is 1. The van der Waals surface area contributed by atoms with Crippen molar-refractivity contribution >= 4 is 33.8 Å². The molecule has 2 heterocycles. The SMILES string of the molecule is COCC1=C2[C@@H](CC/C(C)=C/c3cc(Br)ccc3O)OC[C@@H]2[C@@H]2C(=O)N(C3CCCCC3)C(=O)[C@@H]2C1. The Bertz CT molecular complexity index is 1090. The minimum atomic E-state index is -0.296. The Balaban J connectivity index is 1.34. The van der Waals surface area contributed by atoms with E-state index in [1.165, 1.54) is 12.0 Å². The molecule has 3 fully saturated rings. The summed E-state index contributed by atoms with van der Waals surface area (Å²) < 4.78 is 12.8. The van der Waals surface area contributed by atoms with Gasteiger partial charge in [-0.05, 0) is 68.4 Å². The van der Waals surface area contributed by atoms with Crippen LogP contribution in [0.2, 0.25) is 0 Å². The molecule has 1 saturated carbocycles. The van der Waals surface area contributed by atoms with Gasteiger partial charge in [0.1, 0.15) is 5.75 Å². The van der Waals surface area contributed by atoms with E-state index in [0.717, 1.165) is 59.7 Å². The first kappa shape index (κ1) is 25.7. The highest BCUT2D eigenvalue weighted by molar-refractivity contribution is 9.10. The van der Waals surface area contributed by atoms with Gasteiger partial charge < -0.3 is 14.6 Å². The van der Waals surface area contributed by atoms with Crippen LogP contribution in [0.1, 0.15) is 63.9 Å².